The van der Waals surface area contributed by atoms with Gasteiger partial charge in [0.05, 0.1) is 6.04 Å². The lowest BCUT2D eigenvalue weighted by Gasteiger charge is -2.22. The summed E-state index contributed by atoms with van der Waals surface area (Å²) in [6.45, 7) is 2.57. The smallest absolute Gasteiger partial charge is 0.254 e. The summed E-state index contributed by atoms with van der Waals surface area (Å²) < 4.78 is 5.85. The van der Waals surface area contributed by atoms with Crippen LogP contribution in [0.3, 0.4) is 0 Å². The number of benzene rings is 2. The third kappa shape index (κ3) is 3.31. The van der Waals surface area contributed by atoms with Crippen LogP contribution in [0.2, 0.25) is 0 Å². The number of rotatable bonds is 4. The topological polar surface area (TPSA) is 71.1 Å². The molecule has 4 rings (SSSR count). The number of hydrogen-bond donors (Lipinski definition) is 1. The minimum absolute atomic E-state index is 0.0199. The first-order valence-electron chi connectivity index (χ1n) is 8.73. The quantitative estimate of drug-likeness (QED) is 0.777. The van der Waals surface area contributed by atoms with E-state index in [-0.39, 0.29) is 11.9 Å². The summed E-state index contributed by atoms with van der Waals surface area (Å²) in [7, 11) is 0. The number of H-pyrrole nitrogens is 1. The molecule has 1 aromatic heterocycles. The molecule has 2 heterocycles. The fourth-order valence-corrected chi connectivity index (χ4v) is 3.27. The summed E-state index contributed by atoms with van der Waals surface area (Å²) in [5.41, 5.74) is 0.609. The third-order valence-electron chi connectivity index (χ3n) is 4.49. The van der Waals surface area contributed by atoms with Gasteiger partial charge >= 0.3 is 0 Å². The molecule has 1 fully saturated rings. The summed E-state index contributed by atoms with van der Waals surface area (Å²) in [6, 6.07) is 16.8. The number of ether oxygens (including phenoxy) is 1. The van der Waals surface area contributed by atoms with Gasteiger partial charge in [-0.25, -0.2) is 4.98 Å². The Morgan fingerprint density at radius 3 is 2.73 bits per heavy atom. The van der Waals surface area contributed by atoms with Crippen molar-refractivity contribution in [3.63, 3.8) is 0 Å². The van der Waals surface area contributed by atoms with Crippen molar-refractivity contribution in [3.8, 4) is 11.5 Å². The monoisotopic (exact) mass is 348 g/mol. The molecule has 6 nitrogen and oxygen atoms in total. The van der Waals surface area contributed by atoms with Gasteiger partial charge in [-0.15, -0.1) is 0 Å². The Hall–Kier alpha value is -3.15. The number of nitrogens with zero attached hydrogens (tertiary/aromatic N) is 3. The van der Waals surface area contributed by atoms with E-state index in [0.29, 0.717) is 23.7 Å². The van der Waals surface area contributed by atoms with Crippen LogP contribution in [0.4, 0.5) is 0 Å². The van der Waals surface area contributed by atoms with E-state index < -0.39 is 0 Å². The van der Waals surface area contributed by atoms with Crippen LogP contribution < -0.4 is 4.74 Å². The Kier molecular flexibility index (Phi) is 4.39. The van der Waals surface area contributed by atoms with Gasteiger partial charge in [0.15, 0.2) is 5.82 Å². The lowest BCUT2D eigenvalue weighted by atomic mass is 10.1. The first kappa shape index (κ1) is 16.3. The molecular weight excluding hydrogens is 328 g/mol. The van der Waals surface area contributed by atoms with E-state index in [4.69, 9.17) is 4.74 Å². The fourth-order valence-electron chi connectivity index (χ4n) is 3.27. The van der Waals surface area contributed by atoms with Gasteiger partial charge < -0.3 is 9.64 Å². The lowest BCUT2D eigenvalue weighted by Crippen LogP contribution is -2.31. The summed E-state index contributed by atoms with van der Waals surface area (Å²) in [5.74, 6) is 2.81. The average molecular weight is 348 g/mol. The normalized spacial score (nSPS) is 16.7. The molecule has 0 bridgehead atoms. The summed E-state index contributed by atoms with van der Waals surface area (Å²) >= 11 is 0. The fraction of sp³-hybridized carbons (Fsp3) is 0.250. The number of carbonyl (C=O) groups excluding carboxylic acids is 1. The van der Waals surface area contributed by atoms with Crippen LogP contribution in [-0.2, 0) is 0 Å². The molecule has 1 unspecified atom stereocenters. The van der Waals surface area contributed by atoms with E-state index >= 15 is 0 Å². The van der Waals surface area contributed by atoms with Crippen molar-refractivity contribution in [2.24, 2.45) is 0 Å². The summed E-state index contributed by atoms with van der Waals surface area (Å²) in [6.07, 6.45) is 1.83. The highest BCUT2D eigenvalue weighted by molar-refractivity contribution is 5.95. The maximum Gasteiger partial charge on any atom is 0.254 e. The van der Waals surface area contributed by atoms with Crippen molar-refractivity contribution >= 4 is 5.91 Å². The third-order valence-corrected chi connectivity index (χ3v) is 4.49. The van der Waals surface area contributed by atoms with Crippen LogP contribution in [0.1, 0.15) is 40.9 Å². The molecule has 0 radical (unpaired) electrons. The standard InChI is InChI=1S/C20H20N4O2/c1-14-21-19(23-22-14)18-11-6-12-24(18)20(25)15-7-5-10-17(13-15)26-16-8-3-2-4-9-16/h2-5,7-10,13,18H,6,11-12H2,1H3,(H,21,22,23). The van der Waals surface area contributed by atoms with Crippen LogP contribution in [0.15, 0.2) is 54.6 Å². The maximum atomic E-state index is 13.0. The van der Waals surface area contributed by atoms with Gasteiger partial charge in [-0.3, -0.25) is 9.89 Å². The summed E-state index contributed by atoms with van der Waals surface area (Å²) in [4.78, 5) is 19.3. The highest BCUT2D eigenvalue weighted by atomic mass is 16.5. The van der Waals surface area contributed by atoms with Crippen molar-refractivity contribution in [1.29, 1.82) is 0 Å². The zero-order chi connectivity index (χ0) is 17.9. The molecule has 0 saturated carbocycles. The first-order valence-corrected chi connectivity index (χ1v) is 8.73. The second kappa shape index (κ2) is 7.00. The van der Waals surface area contributed by atoms with E-state index in [1.807, 2.05) is 60.4 Å². The Balaban J connectivity index is 1.55. The molecule has 132 valence electrons. The number of aromatic nitrogens is 3. The van der Waals surface area contributed by atoms with Crippen molar-refractivity contribution in [3.05, 3.63) is 71.8 Å². The van der Waals surface area contributed by atoms with Gasteiger partial charge in [-0.1, -0.05) is 24.3 Å². The molecular formula is C20H20N4O2. The van der Waals surface area contributed by atoms with Crippen molar-refractivity contribution in [2.75, 3.05) is 6.54 Å². The van der Waals surface area contributed by atoms with Crippen LogP contribution >= 0.6 is 0 Å². The Morgan fingerprint density at radius 1 is 1.15 bits per heavy atom. The number of carbonyl (C=O) groups is 1. The second-order valence-electron chi connectivity index (χ2n) is 6.38. The maximum absolute atomic E-state index is 13.0. The van der Waals surface area contributed by atoms with Gasteiger partial charge in [-0.05, 0) is 50.1 Å². The molecule has 0 spiro atoms. The molecule has 1 N–H and O–H groups in total. The molecule has 1 atom stereocenters. The molecule has 1 aliphatic heterocycles. The van der Waals surface area contributed by atoms with Crippen molar-refractivity contribution < 1.29 is 9.53 Å². The van der Waals surface area contributed by atoms with Crippen molar-refractivity contribution in [2.45, 2.75) is 25.8 Å². The zero-order valence-corrected chi connectivity index (χ0v) is 14.6. The van der Waals surface area contributed by atoms with Crippen LogP contribution in [0, 0.1) is 6.92 Å². The molecule has 26 heavy (non-hydrogen) atoms. The second-order valence-corrected chi connectivity index (χ2v) is 6.38. The van der Waals surface area contributed by atoms with Crippen LogP contribution in [-0.4, -0.2) is 32.5 Å². The lowest BCUT2D eigenvalue weighted by molar-refractivity contribution is 0.0729. The molecule has 1 aliphatic rings. The van der Waals surface area contributed by atoms with E-state index in [1.54, 1.807) is 6.07 Å². The summed E-state index contributed by atoms with van der Waals surface area (Å²) in [5, 5.41) is 7.10. The Bertz CT molecular complexity index is 907. The predicted octanol–water partition coefficient (Wildman–Crippen LogP) is 3.88. The first-order chi connectivity index (χ1) is 12.7. The predicted molar refractivity (Wildman–Crippen MR) is 97.1 cm³/mol. The van der Waals surface area contributed by atoms with Gasteiger partial charge in [0, 0.05) is 12.1 Å². The molecule has 1 amide bonds. The minimum Gasteiger partial charge on any atom is -0.457 e. The van der Waals surface area contributed by atoms with E-state index in [1.165, 1.54) is 0 Å². The molecule has 6 heteroatoms. The number of aromatic amines is 1. The average Bonchev–Trinajstić information content (AvgIpc) is 3.31. The number of amides is 1. The molecule has 1 saturated heterocycles. The van der Waals surface area contributed by atoms with E-state index in [9.17, 15) is 4.79 Å². The Morgan fingerprint density at radius 2 is 1.96 bits per heavy atom. The van der Waals surface area contributed by atoms with Gasteiger partial charge in [0.25, 0.3) is 5.91 Å². The highest BCUT2D eigenvalue weighted by Crippen LogP contribution is 2.32. The Labute approximate surface area is 151 Å². The number of likely N-dealkylation sites (tertiary alicyclic amines) is 1. The molecule has 2 aromatic carbocycles. The molecule has 3 aromatic rings. The van der Waals surface area contributed by atoms with E-state index in [2.05, 4.69) is 15.2 Å². The molecule has 0 aliphatic carbocycles. The van der Waals surface area contributed by atoms with Gasteiger partial charge in [-0.2, -0.15) is 5.10 Å². The van der Waals surface area contributed by atoms with Gasteiger partial charge in [0.2, 0.25) is 0 Å². The van der Waals surface area contributed by atoms with E-state index in [0.717, 1.165) is 24.4 Å². The number of nitrogens with one attached hydrogen (secondary N) is 1. The van der Waals surface area contributed by atoms with Crippen LogP contribution in [0.5, 0.6) is 11.5 Å². The highest BCUT2D eigenvalue weighted by Gasteiger charge is 2.33. The van der Waals surface area contributed by atoms with Crippen molar-refractivity contribution in [1.82, 2.24) is 20.1 Å². The zero-order valence-electron chi connectivity index (χ0n) is 14.6. The SMILES string of the molecule is Cc1nc(C2CCCN2C(=O)c2cccc(Oc3ccccc3)c2)n[nH]1. The van der Waals surface area contributed by atoms with Gasteiger partial charge in [0.1, 0.15) is 17.3 Å². The van der Waals surface area contributed by atoms with Crippen LogP contribution in [0.25, 0.3) is 0 Å². The number of para-hydroxylation sites is 1. The number of hydrogen-bond acceptors (Lipinski definition) is 4. The minimum atomic E-state index is -0.0776. The largest absolute Gasteiger partial charge is 0.457 e. The number of aryl methyl sites for hydroxylation is 1.